The van der Waals surface area contributed by atoms with Gasteiger partial charge in [-0.1, -0.05) is 0 Å². The number of halogens is 2. The number of nitrogens with one attached hydrogen (secondary N) is 1. The van der Waals surface area contributed by atoms with Crippen LogP contribution in [0, 0.1) is 0 Å². The molecule has 0 atom stereocenters. The van der Waals surface area contributed by atoms with E-state index in [4.69, 9.17) is 27.6 Å². The summed E-state index contributed by atoms with van der Waals surface area (Å²) in [4.78, 5) is 11.8. The summed E-state index contributed by atoms with van der Waals surface area (Å²) in [6.45, 7) is 0. The average molecular weight is 248 g/mol. The number of amides is 1. The second kappa shape index (κ2) is 4.06. The molecule has 5 heteroatoms. The minimum absolute atomic E-state index is 0.122. The molecule has 3 nitrogen and oxygen atoms in total. The average Bonchev–Trinajstić information content (AvgIpc) is 2.58. The van der Waals surface area contributed by atoms with Gasteiger partial charge in [0.15, 0.2) is 0 Å². The summed E-state index contributed by atoms with van der Waals surface area (Å²) in [5.74, 6) is 0.225. The molecule has 1 saturated carbocycles. The van der Waals surface area contributed by atoms with Crippen LogP contribution in [0.4, 0.5) is 0 Å². The molecule has 1 aromatic heterocycles. The second-order valence-corrected chi connectivity index (χ2v) is 4.44. The second-order valence-electron chi connectivity index (χ2n) is 3.83. The first-order valence-electron chi connectivity index (χ1n) is 4.78. The van der Waals surface area contributed by atoms with Gasteiger partial charge in [-0.15, -0.1) is 11.6 Å². The molecule has 0 saturated heterocycles. The lowest BCUT2D eigenvalue weighted by molar-refractivity contribution is 0.0853. The van der Waals surface area contributed by atoms with Crippen LogP contribution in [0.1, 0.15) is 29.6 Å². The number of alkyl halides is 1. The summed E-state index contributed by atoms with van der Waals surface area (Å²) < 4.78 is 4.86. The van der Waals surface area contributed by atoms with Gasteiger partial charge in [0.2, 0.25) is 5.22 Å². The Morgan fingerprint density at radius 1 is 1.60 bits per heavy atom. The van der Waals surface area contributed by atoms with Gasteiger partial charge >= 0.3 is 0 Å². The number of furan rings is 1. The third-order valence-electron chi connectivity index (χ3n) is 2.81. The Labute approximate surface area is 97.7 Å². The normalized spacial score (nSPS) is 18.3. The largest absolute Gasteiger partial charge is 0.452 e. The van der Waals surface area contributed by atoms with E-state index in [0.29, 0.717) is 11.4 Å². The molecule has 0 aromatic carbocycles. The number of carbonyl (C=O) groups is 1. The lowest BCUT2D eigenvalue weighted by atomic mass is 9.78. The molecular weight excluding hydrogens is 237 g/mol. The maximum atomic E-state index is 11.8. The zero-order chi connectivity index (χ0) is 10.9. The Balaban J connectivity index is 2.07. The minimum Gasteiger partial charge on any atom is -0.452 e. The quantitative estimate of drug-likeness (QED) is 0.835. The van der Waals surface area contributed by atoms with Crippen molar-refractivity contribution in [2.45, 2.75) is 24.8 Å². The third-order valence-corrected chi connectivity index (χ3v) is 3.61. The van der Waals surface area contributed by atoms with Crippen LogP contribution >= 0.6 is 23.2 Å². The predicted molar refractivity (Wildman–Crippen MR) is 58.5 cm³/mol. The molecular formula is C10H11Cl2NO2. The predicted octanol–water partition coefficient (Wildman–Crippen LogP) is 2.82. The van der Waals surface area contributed by atoms with E-state index in [2.05, 4.69) is 5.32 Å². The van der Waals surface area contributed by atoms with Crippen LogP contribution < -0.4 is 5.32 Å². The van der Waals surface area contributed by atoms with Gasteiger partial charge < -0.3 is 9.73 Å². The molecule has 0 unspecified atom stereocenters. The molecule has 1 aromatic rings. The summed E-state index contributed by atoms with van der Waals surface area (Å²) in [6.07, 6.45) is 4.35. The van der Waals surface area contributed by atoms with Crippen molar-refractivity contribution in [2.75, 3.05) is 5.88 Å². The van der Waals surface area contributed by atoms with E-state index in [1.807, 2.05) is 0 Å². The molecule has 1 aliphatic carbocycles. The molecule has 0 spiro atoms. The fourth-order valence-corrected chi connectivity index (χ4v) is 2.19. The molecule has 15 heavy (non-hydrogen) atoms. The van der Waals surface area contributed by atoms with E-state index in [0.717, 1.165) is 19.3 Å². The summed E-state index contributed by atoms with van der Waals surface area (Å²) in [5.41, 5.74) is 0.132. The van der Waals surface area contributed by atoms with E-state index < -0.39 is 0 Å². The molecule has 0 radical (unpaired) electrons. The summed E-state index contributed by atoms with van der Waals surface area (Å²) >= 11 is 11.5. The van der Waals surface area contributed by atoms with E-state index in [1.54, 1.807) is 6.07 Å². The fourth-order valence-electron chi connectivity index (χ4n) is 1.66. The number of hydrogen-bond donors (Lipinski definition) is 1. The van der Waals surface area contributed by atoms with Crippen LogP contribution in [0.15, 0.2) is 16.7 Å². The van der Waals surface area contributed by atoms with Gasteiger partial charge in [0.25, 0.3) is 5.91 Å². The van der Waals surface area contributed by atoms with Gasteiger partial charge in [-0.05, 0) is 36.9 Å². The summed E-state index contributed by atoms with van der Waals surface area (Å²) in [7, 11) is 0. The van der Waals surface area contributed by atoms with E-state index in [-0.39, 0.29) is 16.7 Å². The fraction of sp³-hybridized carbons (Fsp3) is 0.500. The maximum Gasteiger partial charge on any atom is 0.256 e. The van der Waals surface area contributed by atoms with E-state index >= 15 is 0 Å². The highest BCUT2D eigenvalue weighted by Gasteiger charge is 2.38. The molecule has 1 amide bonds. The Hall–Kier alpha value is -0.670. The van der Waals surface area contributed by atoms with Gasteiger partial charge in [0.05, 0.1) is 17.4 Å². The zero-order valence-electron chi connectivity index (χ0n) is 8.06. The highest BCUT2D eigenvalue weighted by Crippen LogP contribution is 2.33. The molecule has 0 aliphatic heterocycles. The van der Waals surface area contributed by atoms with Gasteiger partial charge in [-0.25, -0.2) is 0 Å². The Morgan fingerprint density at radius 2 is 2.33 bits per heavy atom. The smallest absolute Gasteiger partial charge is 0.256 e. The van der Waals surface area contributed by atoms with Crippen molar-refractivity contribution < 1.29 is 9.21 Å². The lowest BCUT2D eigenvalue weighted by Gasteiger charge is -2.40. The molecule has 1 N–H and O–H groups in total. The Morgan fingerprint density at radius 3 is 2.73 bits per heavy atom. The number of carbonyl (C=O) groups excluding carboxylic acids is 1. The van der Waals surface area contributed by atoms with Crippen LogP contribution in [-0.2, 0) is 0 Å². The zero-order valence-corrected chi connectivity index (χ0v) is 9.57. The highest BCUT2D eigenvalue weighted by atomic mass is 35.5. The maximum absolute atomic E-state index is 11.8. The van der Waals surface area contributed by atoms with E-state index in [9.17, 15) is 4.79 Å². The van der Waals surface area contributed by atoms with Crippen molar-refractivity contribution in [2.24, 2.45) is 0 Å². The van der Waals surface area contributed by atoms with E-state index in [1.165, 1.54) is 6.26 Å². The SMILES string of the molecule is O=C(NC1(CCl)CCC1)c1ccoc1Cl. The van der Waals surface area contributed by atoms with Crippen molar-refractivity contribution in [1.82, 2.24) is 5.32 Å². The molecule has 1 fully saturated rings. The Kier molecular flexibility index (Phi) is 2.94. The first-order chi connectivity index (χ1) is 7.17. The first kappa shape index (κ1) is 10.8. The van der Waals surface area contributed by atoms with Crippen molar-refractivity contribution in [3.05, 3.63) is 23.1 Å². The Bertz CT molecular complexity index is 366. The molecule has 1 heterocycles. The van der Waals surface area contributed by atoms with Gasteiger partial charge in [0, 0.05) is 5.88 Å². The number of rotatable bonds is 3. The van der Waals surface area contributed by atoms with Crippen LogP contribution in [0.25, 0.3) is 0 Å². The highest BCUT2D eigenvalue weighted by molar-refractivity contribution is 6.32. The first-order valence-corrected chi connectivity index (χ1v) is 5.70. The monoisotopic (exact) mass is 247 g/mol. The molecule has 2 rings (SSSR count). The summed E-state index contributed by atoms with van der Waals surface area (Å²) in [5, 5.41) is 3.03. The molecule has 1 aliphatic rings. The van der Waals surface area contributed by atoms with Crippen molar-refractivity contribution in [1.29, 1.82) is 0 Å². The van der Waals surface area contributed by atoms with Crippen molar-refractivity contribution in [3.63, 3.8) is 0 Å². The van der Waals surface area contributed by atoms with Gasteiger partial charge in [-0.3, -0.25) is 4.79 Å². The van der Waals surface area contributed by atoms with Crippen LogP contribution in [0.5, 0.6) is 0 Å². The van der Waals surface area contributed by atoms with Crippen LogP contribution in [0.2, 0.25) is 5.22 Å². The minimum atomic E-state index is -0.237. The van der Waals surface area contributed by atoms with Crippen LogP contribution in [0.3, 0.4) is 0 Å². The summed E-state index contributed by atoms with van der Waals surface area (Å²) in [6, 6.07) is 1.55. The molecule has 0 bridgehead atoms. The van der Waals surface area contributed by atoms with Crippen LogP contribution in [-0.4, -0.2) is 17.3 Å². The topological polar surface area (TPSA) is 42.2 Å². The third kappa shape index (κ3) is 1.99. The molecule has 82 valence electrons. The van der Waals surface area contributed by atoms with Gasteiger partial charge in [-0.2, -0.15) is 0 Å². The van der Waals surface area contributed by atoms with Crippen molar-refractivity contribution in [3.8, 4) is 0 Å². The van der Waals surface area contributed by atoms with Crippen molar-refractivity contribution >= 4 is 29.1 Å². The number of hydrogen-bond acceptors (Lipinski definition) is 2. The van der Waals surface area contributed by atoms with Gasteiger partial charge in [0.1, 0.15) is 0 Å². The lowest BCUT2D eigenvalue weighted by Crippen LogP contribution is -2.55. The standard InChI is InChI=1S/C10H11Cl2NO2/c11-6-10(3-1-4-10)13-9(14)7-2-5-15-8(7)12/h2,5H,1,3-4,6H2,(H,13,14).